The van der Waals surface area contributed by atoms with E-state index in [0.717, 1.165) is 0 Å². The Morgan fingerprint density at radius 1 is 1.25 bits per heavy atom. The first-order valence-corrected chi connectivity index (χ1v) is 10.9. The lowest BCUT2D eigenvalue weighted by atomic mass is 10.1. The van der Waals surface area contributed by atoms with E-state index in [0.29, 0.717) is 44.4 Å². The van der Waals surface area contributed by atoms with Gasteiger partial charge in [0.2, 0.25) is 0 Å². The number of amidine groups is 1. The number of halogens is 2. The van der Waals surface area contributed by atoms with Crippen LogP contribution in [0.25, 0.3) is 17.4 Å². The zero-order valence-corrected chi connectivity index (χ0v) is 18.8. The van der Waals surface area contributed by atoms with Gasteiger partial charge in [0, 0.05) is 42.7 Å². The summed E-state index contributed by atoms with van der Waals surface area (Å²) in [6.45, 7) is 2.29. The Morgan fingerprint density at radius 2 is 2.06 bits per heavy atom. The number of hydrogen-bond acceptors (Lipinski definition) is 7. The molecule has 0 radical (unpaired) electrons. The second kappa shape index (κ2) is 9.15. The Kier molecular flexibility index (Phi) is 6.31. The van der Waals surface area contributed by atoms with Gasteiger partial charge in [-0.3, -0.25) is 24.8 Å². The van der Waals surface area contributed by atoms with Crippen molar-refractivity contribution in [2.24, 2.45) is 4.99 Å². The SMILES string of the molecule is CCN1C(=O)/C(=C\c2ccc(-c3ccc([N+](=O)[O-])cc3Cl)o2)SC1=Nc1ccncc1Cl. The molecule has 2 aromatic heterocycles. The van der Waals surface area contributed by atoms with Gasteiger partial charge in [0.1, 0.15) is 11.5 Å². The maximum absolute atomic E-state index is 12.8. The number of furan rings is 1. The van der Waals surface area contributed by atoms with Crippen LogP contribution in [-0.4, -0.2) is 32.4 Å². The quantitative estimate of drug-likeness (QED) is 0.241. The predicted molar refractivity (Wildman–Crippen MR) is 125 cm³/mol. The van der Waals surface area contributed by atoms with Gasteiger partial charge in [-0.1, -0.05) is 23.2 Å². The molecule has 0 spiro atoms. The van der Waals surface area contributed by atoms with Crippen LogP contribution in [0.3, 0.4) is 0 Å². The molecule has 3 heterocycles. The fourth-order valence-corrected chi connectivity index (χ4v) is 4.42. The number of benzene rings is 1. The summed E-state index contributed by atoms with van der Waals surface area (Å²) in [5, 5.41) is 12.0. The van der Waals surface area contributed by atoms with E-state index in [1.807, 2.05) is 6.92 Å². The third kappa shape index (κ3) is 4.40. The van der Waals surface area contributed by atoms with E-state index in [1.165, 1.54) is 36.2 Å². The van der Waals surface area contributed by atoms with E-state index < -0.39 is 4.92 Å². The molecule has 1 saturated heterocycles. The summed E-state index contributed by atoms with van der Waals surface area (Å²) in [7, 11) is 0. The number of nitro groups is 1. The van der Waals surface area contributed by atoms with Gasteiger partial charge in [-0.2, -0.15) is 0 Å². The van der Waals surface area contributed by atoms with E-state index in [9.17, 15) is 14.9 Å². The first kappa shape index (κ1) is 22.1. The molecule has 0 N–H and O–H groups in total. The number of hydrogen-bond donors (Lipinski definition) is 0. The number of amides is 1. The van der Waals surface area contributed by atoms with Crippen LogP contribution in [0.2, 0.25) is 10.0 Å². The summed E-state index contributed by atoms with van der Waals surface area (Å²) in [5.41, 5.74) is 0.920. The molecule has 4 rings (SSSR count). The molecule has 0 aliphatic carbocycles. The number of rotatable bonds is 5. The Balaban J connectivity index is 1.62. The summed E-state index contributed by atoms with van der Waals surface area (Å²) in [5.74, 6) is 0.661. The van der Waals surface area contributed by atoms with Crippen molar-refractivity contribution < 1.29 is 14.1 Å². The predicted octanol–water partition coefficient (Wildman–Crippen LogP) is 6.18. The Hall–Kier alpha value is -3.14. The Bertz CT molecular complexity index is 1290. The van der Waals surface area contributed by atoms with E-state index >= 15 is 0 Å². The van der Waals surface area contributed by atoms with Gasteiger partial charge in [0.05, 0.1) is 25.6 Å². The highest BCUT2D eigenvalue weighted by Crippen LogP contribution is 2.37. The smallest absolute Gasteiger partial charge is 0.270 e. The molecular formula is C21H14Cl2N4O4S. The third-order valence-electron chi connectivity index (χ3n) is 4.50. The van der Waals surface area contributed by atoms with Crippen molar-refractivity contribution in [1.82, 2.24) is 9.88 Å². The summed E-state index contributed by atoms with van der Waals surface area (Å²) in [6.07, 6.45) is 4.69. The van der Waals surface area contributed by atoms with Gasteiger partial charge in [-0.25, -0.2) is 4.99 Å². The number of carbonyl (C=O) groups excluding carboxylic acids is 1. The average molecular weight is 489 g/mol. The molecule has 3 aromatic rings. The standard InChI is InChI=1S/C21H14Cl2N4O4S/c1-2-26-20(28)19(32-21(26)25-17-7-8-24-11-16(17)23)10-13-4-6-18(31-13)14-5-3-12(27(29)30)9-15(14)22/h3-11H,2H2,1H3/b19-10+,25-21?. The summed E-state index contributed by atoms with van der Waals surface area (Å²) >= 11 is 13.5. The molecule has 0 bridgehead atoms. The molecule has 0 unspecified atom stereocenters. The lowest BCUT2D eigenvalue weighted by Crippen LogP contribution is -2.28. The minimum Gasteiger partial charge on any atom is -0.457 e. The topological polar surface area (TPSA) is 102 Å². The van der Waals surface area contributed by atoms with Crippen molar-refractivity contribution in [2.45, 2.75) is 6.92 Å². The number of nitro benzene ring substituents is 1. The Morgan fingerprint density at radius 3 is 2.75 bits per heavy atom. The molecule has 1 fully saturated rings. The lowest BCUT2D eigenvalue weighted by Gasteiger charge is -2.12. The van der Waals surface area contributed by atoms with Gasteiger partial charge in [0.25, 0.3) is 11.6 Å². The minimum absolute atomic E-state index is 0.110. The van der Waals surface area contributed by atoms with Crippen molar-refractivity contribution in [1.29, 1.82) is 0 Å². The molecule has 1 aliphatic rings. The molecule has 1 amide bonds. The maximum atomic E-state index is 12.8. The first-order valence-electron chi connectivity index (χ1n) is 9.31. The van der Waals surface area contributed by atoms with E-state index in [1.54, 1.807) is 35.4 Å². The number of non-ortho nitro benzene ring substituents is 1. The van der Waals surface area contributed by atoms with Crippen LogP contribution in [0, 0.1) is 10.1 Å². The number of carbonyl (C=O) groups is 1. The molecule has 1 aromatic carbocycles. The lowest BCUT2D eigenvalue weighted by molar-refractivity contribution is -0.384. The maximum Gasteiger partial charge on any atom is 0.270 e. The molecule has 0 saturated carbocycles. The van der Waals surface area contributed by atoms with Crippen molar-refractivity contribution in [3.05, 3.63) is 79.6 Å². The highest BCUT2D eigenvalue weighted by Gasteiger charge is 2.32. The van der Waals surface area contributed by atoms with Crippen LogP contribution in [0.15, 0.2) is 63.1 Å². The normalized spacial score (nSPS) is 16.3. The summed E-state index contributed by atoms with van der Waals surface area (Å²) < 4.78 is 5.82. The monoisotopic (exact) mass is 488 g/mol. The van der Waals surface area contributed by atoms with Crippen LogP contribution >= 0.6 is 35.0 Å². The van der Waals surface area contributed by atoms with Gasteiger partial charge >= 0.3 is 0 Å². The second-order valence-electron chi connectivity index (χ2n) is 6.50. The minimum atomic E-state index is -0.520. The van der Waals surface area contributed by atoms with Gasteiger partial charge in [-0.15, -0.1) is 0 Å². The highest BCUT2D eigenvalue weighted by atomic mass is 35.5. The van der Waals surface area contributed by atoms with Crippen molar-refractivity contribution in [3.63, 3.8) is 0 Å². The summed E-state index contributed by atoms with van der Waals surface area (Å²) in [4.78, 5) is 33.6. The Labute approximate surface area is 196 Å². The van der Waals surface area contributed by atoms with Crippen LogP contribution in [0.1, 0.15) is 12.7 Å². The number of thioether (sulfide) groups is 1. The number of aliphatic imine (C=N–C) groups is 1. The molecule has 162 valence electrons. The second-order valence-corrected chi connectivity index (χ2v) is 8.33. The molecule has 8 nitrogen and oxygen atoms in total. The number of nitrogens with zero attached hydrogens (tertiary/aromatic N) is 4. The zero-order chi connectivity index (χ0) is 22.8. The fraction of sp³-hybridized carbons (Fsp3) is 0.0952. The molecule has 1 aliphatic heterocycles. The van der Waals surface area contributed by atoms with Crippen LogP contribution in [-0.2, 0) is 4.79 Å². The third-order valence-corrected chi connectivity index (χ3v) is 6.11. The van der Waals surface area contributed by atoms with E-state index in [4.69, 9.17) is 27.6 Å². The number of aromatic nitrogens is 1. The largest absolute Gasteiger partial charge is 0.457 e. The van der Waals surface area contributed by atoms with Gasteiger partial charge in [-0.05, 0) is 43.0 Å². The van der Waals surface area contributed by atoms with E-state index in [-0.39, 0.29) is 16.6 Å². The fourth-order valence-electron chi connectivity index (χ4n) is 2.95. The van der Waals surface area contributed by atoms with Crippen LogP contribution < -0.4 is 0 Å². The molecular weight excluding hydrogens is 475 g/mol. The first-order chi connectivity index (χ1) is 15.4. The van der Waals surface area contributed by atoms with E-state index in [2.05, 4.69) is 9.98 Å². The van der Waals surface area contributed by atoms with Crippen LogP contribution in [0.4, 0.5) is 11.4 Å². The molecule has 11 heteroatoms. The van der Waals surface area contributed by atoms with Gasteiger partial charge < -0.3 is 4.42 Å². The van der Waals surface area contributed by atoms with Crippen LogP contribution in [0.5, 0.6) is 0 Å². The van der Waals surface area contributed by atoms with Crippen molar-refractivity contribution in [3.8, 4) is 11.3 Å². The van der Waals surface area contributed by atoms with Gasteiger partial charge in [0.15, 0.2) is 5.17 Å². The number of likely N-dealkylation sites (N-methyl/N-ethyl adjacent to an activating group) is 1. The summed E-state index contributed by atoms with van der Waals surface area (Å²) in [6, 6.07) is 9.19. The van der Waals surface area contributed by atoms with Crippen molar-refractivity contribution in [2.75, 3.05) is 6.54 Å². The zero-order valence-electron chi connectivity index (χ0n) is 16.5. The average Bonchev–Trinajstić information content (AvgIpc) is 3.34. The molecule has 0 atom stereocenters. The molecule has 32 heavy (non-hydrogen) atoms. The highest BCUT2D eigenvalue weighted by molar-refractivity contribution is 8.18. The van der Waals surface area contributed by atoms with Crippen molar-refractivity contribution >= 4 is 63.5 Å². The number of pyridine rings is 1.